The van der Waals surface area contributed by atoms with Crippen molar-refractivity contribution in [1.29, 1.82) is 0 Å². The highest BCUT2D eigenvalue weighted by molar-refractivity contribution is 6.07. The zero-order valence-corrected chi connectivity index (χ0v) is 18.0. The van der Waals surface area contributed by atoms with Crippen LogP contribution in [0.3, 0.4) is 0 Å². The molecule has 3 N–H and O–H groups in total. The van der Waals surface area contributed by atoms with Crippen molar-refractivity contribution >= 4 is 28.4 Å². The van der Waals surface area contributed by atoms with Gasteiger partial charge in [0.2, 0.25) is 5.95 Å². The number of para-hydroxylation sites is 1. The Morgan fingerprint density at radius 3 is 2.62 bits per heavy atom. The van der Waals surface area contributed by atoms with E-state index in [1.54, 1.807) is 13.2 Å². The minimum atomic E-state index is -0.124. The van der Waals surface area contributed by atoms with E-state index in [2.05, 4.69) is 45.2 Å². The van der Waals surface area contributed by atoms with Crippen molar-refractivity contribution in [2.45, 2.75) is 18.8 Å². The fourth-order valence-corrected chi connectivity index (χ4v) is 4.35. The van der Waals surface area contributed by atoms with E-state index < -0.39 is 0 Å². The summed E-state index contributed by atoms with van der Waals surface area (Å²) in [6.07, 6.45) is 5.91. The number of fused-ring (bicyclic) bond motifs is 1. The van der Waals surface area contributed by atoms with Gasteiger partial charge in [0.15, 0.2) is 0 Å². The molecule has 0 radical (unpaired) electrons. The molecule has 0 unspecified atom stereocenters. The molecule has 1 aliphatic rings. The summed E-state index contributed by atoms with van der Waals surface area (Å²) < 4.78 is 1.92. The Kier molecular flexibility index (Phi) is 5.56. The normalized spacial score (nSPS) is 14.4. The number of nitrogens with zero attached hydrogens (tertiary/aromatic N) is 3. The number of benzene rings is 2. The number of rotatable bonds is 5. The molecule has 7 heteroatoms. The van der Waals surface area contributed by atoms with Gasteiger partial charge in [-0.25, -0.2) is 4.98 Å². The molecule has 5 rings (SSSR count). The van der Waals surface area contributed by atoms with Crippen molar-refractivity contribution in [3.8, 4) is 5.82 Å². The molecule has 1 saturated heterocycles. The zero-order valence-electron chi connectivity index (χ0n) is 18.0. The molecule has 0 spiro atoms. The maximum absolute atomic E-state index is 12.3. The fraction of sp³-hybridized carbons (Fsp3) is 0.240. The first-order valence-corrected chi connectivity index (χ1v) is 11.0. The molecule has 7 nitrogen and oxygen atoms in total. The second-order valence-corrected chi connectivity index (χ2v) is 8.02. The minimum absolute atomic E-state index is 0.124. The van der Waals surface area contributed by atoms with Crippen LogP contribution in [0.25, 0.3) is 16.7 Å². The maximum Gasteiger partial charge on any atom is 0.253 e. The van der Waals surface area contributed by atoms with Crippen molar-refractivity contribution in [3.05, 3.63) is 78.1 Å². The van der Waals surface area contributed by atoms with Gasteiger partial charge >= 0.3 is 0 Å². The van der Waals surface area contributed by atoms with Crippen molar-refractivity contribution in [2.24, 2.45) is 0 Å². The van der Waals surface area contributed by atoms with Crippen LogP contribution in [-0.2, 0) is 0 Å². The molecule has 2 aromatic carbocycles. The monoisotopic (exact) mass is 426 g/mol. The third kappa shape index (κ3) is 3.94. The Morgan fingerprint density at radius 1 is 1.06 bits per heavy atom. The van der Waals surface area contributed by atoms with E-state index in [4.69, 9.17) is 4.98 Å². The summed E-state index contributed by atoms with van der Waals surface area (Å²) in [6, 6.07) is 18.2. The van der Waals surface area contributed by atoms with Crippen LogP contribution in [0.1, 0.15) is 34.7 Å². The Bertz CT molecular complexity index is 1240. The summed E-state index contributed by atoms with van der Waals surface area (Å²) in [4.78, 5) is 21.4. The molecule has 0 atom stereocenters. The smallest absolute Gasteiger partial charge is 0.253 e. The third-order valence-corrected chi connectivity index (χ3v) is 6.05. The number of amides is 1. The van der Waals surface area contributed by atoms with E-state index in [0.29, 0.717) is 23.2 Å². The topological polar surface area (TPSA) is 83.9 Å². The molecule has 0 saturated carbocycles. The highest BCUT2D eigenvalue weighted by atomic mass is 16.1. The van der Waals surface area contributed by atoms with Crippen molar-refractivity contribution in [1.82, 2.24) is 25.2 Å². The van der Waals surface area contributed by atoms with Gasteiger partial charge < -0.3 is 20.5 Å². The summed E-state index contributed by atoms with van der Waals surface area (Å²) in [5.41, 5.74) is 3.86. The number of hydrogen-bond acceptors (Lipinski definition) is 5. The van der Waals surface area contributed by atoms with Gasteiger partial charge in [0.1, 0.15) is 5.82 Å². The van der Waals surface area contributed by atoms with E-state index in [-0.39, 0.29) is 5.91 Å². The molecule has 3 heterocycles. The van der Waals surface area contributed by atoms with E-state index in [9.17, 15) is 4.79 Å². The van der Waals surface area contributed by atoms with Crippen LogP contribution >= 0.6 is 0 Å². The van der Waals surface area contributed by atoms with Gasteiger partial charge in [-0.3, -0.25) is 4.79 Å². The van der Waals surface area contributed by atoms with Gasteiger partial charge in [-0.1, -0.05) is 30.3 Å². The maximum atomic E-state index is 12.3. The summed E-state index contributed by atoms with van der Waals surface area (Å²) in [7, 11) is 1.64. The molecule has 162 valence electrons. The lowest BCUT2D eigenvalue weighted by atomic mass is 9.90. The number of piperidine rings is 1. The average Bonchev–Trinajstić information content (AvgIpc) is 3.25. The van der Waals surface area contributed by atoms with Crippen molar-refractivity contribution in [3.63, 3.8) is 0 Å². The molecule has 0 bridgehead atoms. The van der Waals surface area contributed by atoms with Gasteiger partial charge in [0.05, 0.1) is 11.1 Å². The summed E-state index contributed by atoms with van der Waals surface area (Å²) >= 11 is 0. The lowest BCUT2D eigenvalue weighted by Crippen LogP contribution is -2.26. The molecule has 1 fully saturated rings. The van der Waals surface area contributed by atoms with E-state index in [1.807, 2.05) is 41.1 Å². The summed E-state index contributed by atoms with van der Waals surface area (Å²) in [6.45, 7) is 2.17. The Labute approximate surface area is 186 Å². The van der Waals surface area contributed by atoms with Crippen LogP contribution in [0.4, 0.5) is 11.6 Å². The minimum Gasteiger partial charge on any atom is -0.355 e. The first-order valence-electron chi connectivity index (χ1n) is 11.0. The van der Waals surface area contributed by atoms with E-state index in [1.165, 1.54) is 18.4 Å². The molecular formula is C25H26N6O. The van der Waals surface area contributed by atoms with Crippen molar-refractivity contribution < 1.29 is 4.79 Å². The fourth-order valence-electron chi connectivity index (χ4n) is 4.35. The number of aromatic nitrogens is 3. The zero-order chi connectivity index (χ0) is 21.9. The molecule has 4 aromatic rings. The van der Waals surface area contributed by atoms with Crippen LogP contribution in [0.2, 0.25) is 0 Å². The number of nitrogens with one attached hydrogen (secondary N) is 3. The van der Waals surface area contributed by atoms with Crippen LogP contribution in [-0.4, -0.2) is 40.6 Å². The van der Waals surface area contributed by atoms with Gasteiger partial charge in [-0.2, -0.15) is 4.98 Å². The van der Waals surface area contributed by atoms with E-state index >= 15 is 0 Å². The second-order valence-electron chi connectivity index (χ2n) is 8.02. The van der Waals surface area contributed by atoms with Crippen LogP contribution in [0.15, 0.2) is 67.0 Å². The van der Waals surface area contributed by atoms with E-state index in [0.717, 1.165) is 29.7 Å². The predicted molar refractivity (Wildman–Crippen MR) is 127 cm³/mol. The first-order chi connectivity index (χ1) is 15.7. The number of carbonyl (C=O) groups is 1. The highest BCUT2D eigenvalue weighted by Crippen LogP contribution is 2.27. The Morgan fingerprint density at radius 2 is 1.84 bits per heavy atom. The number of hydrogen-bond donors (Lipinski definition) is 3. The Hall–Kier alpha value is -3.71. The highest BCUT2D eigenvalue weighted by Gasteiger charge is 2.16. The molecule has 0 aliphatic carbocycles. The molecule has 32 heavy (non-hydrogen) atoms. The van der Waals surface area contributed by atoms with Crippen LogP contribution < -0.4 is 16.0 Å². The number of anilines is 2. The summed E-state index contributed by atoms with van der Waals surface area (Å²) in [5, 5.41) is 10.3. The molecule has 1 aliphatic heterocycles. The standard InChI is InChI=1S/C25H26N6O/c1-26-24(32)21-16-31(22-5-3-2-4-20(21)22)23-12-15-28-25(30-23)29-19-8-6-17(7-9-19)18-10-13-27-14-11-18/h2-9,12,15-16,18,27H,10-11,13-14H2,1H3,(H,26,32)(H,28,29,30). The van der Waals surface area contributed by atoms with Crippen LogP contribution in [0, 0.1) is 0 Å². The molecule has 1 amide bonds. The van der Waals surface area contributed by atoms with Gasteiger partial charge in [0.25, 0.3) is 5.91 Å². The summed E-state index contributed by atoms with van der Waals surface area (Å²) in [5.74, 6) is 1.71. The van der Waals surface area contributed by atoms with Gasteiger partial charge in [0, 0.05) is 30.5 Å². The van der Waals surface area contributed by atoms with Crippen molar-refractivity contribution in [2.75, 3.05) is 25.5 Å². The third-order valence-electron chi connectivity index (χ3n) is 6.05. The van der Waals surface area contributed by atoms with Gasteiger partial charge in [-0.15, -0.1) is 0 Å². The quantitative estimate of drug-likeness (QED) is 0.449. The first kappa shape index (κ1) is 20.2. The lowest BCUT2D eigenvalue weighted by Gasteiger charge is -2.23. The average molecular weight is 427 g/mol. The lowest BCUT2D eigenvalue weighted by molar-refractivity contribution is 0.0964. The predicted octanol–water partition coefficient (Wildman–Crippen LogP) is 3.99. The Balaban J connectivity index is 1.41. The van der Waals surface area contributed by atoms with Gasteiger partial charge in [-0.05, 0) is 61.7 Å². The van der Waals surface area contributed by atoms with Crippen LogP contribution in [0.5, 0.6) is 0 Å². The largest absolute Gasteiger partial charge is 0.355 e. The molecule has 2 aromatic heterocycles. The molecular weight excluding hydrogens is 400 g/mol. The second kappa shape index (κ2) is 8.80. The number of carbonyl (C=O) groups excluding carboxylic acids is 1. The SMILES string of the molecule is CNC(=O)c1cn(-c2ccnc(Nc3ccc(C4CCNCC4)cc3)n2)c2ccccc12.